The average molecular weight is 463 g/mol. The Morgan fingerprint density at radius 2 is 1.94 bits per heavy atom. The Morgan fingerprint density at radius 1 is 1.12 bits per heavy atom. The van der Waals surface area contributed by atoms with Crippen LogP contribution in [0.15, 0.2) is 54.1 Å². The molecular weight excluding hydrogens is 444 g/mol. The molecular formula is C23H18N4O3S2. The highest BCUT2D eigenvalue weighted by atomic mass is 32.1. The number of anilines is 1. The number of benzene rings is 1. The lowest BCUT2D eigenvalue weighted by Crippen LogP contribution is -2.31. The molecule has 3 aromatic heterocycles. The number of nitrogens with zero attached hydrogens (tertiary/aromatic N) is 4. The van der Waals surface area contributed by atoms with Gasteiger partial charge in [-0.15, -0.1) is 11.3 Å². The molecule has 1 N–H and O–H groups in total. The van der Waals surface area contributed by atoms with Crippen molar-refractivity contribution in [3.63, 3.8) is 0 Å². The molecule has 4 heterocycles. The van der Waals surface area contributed by atoms with Crippen LogP contribution in [0.2, 0.25) is 0 Å². The number of ketones is 1. The van der Waals surface area contributed by atoms with E-state index in [2.05, 4.69) is 15.0 Å². The molecule has 0 bridgehead atoms. The Labute approximate surface area is 191 Å². The summed E-state index contributed by atoms with van der Waals surface area (Å²) in [5, 5.41) is 12.0. The van der Waals surface area contributed by atoms with Crippen LogP contribution in [0.3, 0.4) is 0 Å². The average Bonchev–Trinajstić information content (AvgIpc) is 3.41. The number of aliphatic hydroxyl groups excluding tert-OH is 1. The number of fused-ring (bicyclic) bond motifs is 1. The third kappa shape index (κ3) is 3.21. The van der Waals surface area contributed by atoms with Crippen molar-refractivity contribution >= 4 is 49.7 Å². The number of Topliss-reactive ketones (excluding diaryl/α,β-unsaturated/α-hetero) is 1. The molecule has 1 aromatic carbocycles. The van der Waals surface area contributed by atoms with Crippen molar-refractivity contribution in [3.05, 3.63) is 80.8 Å². The van der Waals surface area contributed by atoms with Crippen LogP contribution >= 0.6 is 22.7 Å². The highest BCUT2D eigenvalue weighted by Gasteiger charge is 2.46. The monoisotopic (exact) mass is 462 g/mol. The zero-order chi connectivity index (χ0) is 22.6. The fourth-order valence-electron chi connectivity index (χ4n) is 3.87. The molecule has 160 valence electrons. The second-order valence-electron chi connectivity index (χ2n) is 7.57. The van der Waals surface area contributed by atoms with Gasteiger partial charge < -0.3 is 5.11 Å². The standard InChI is InChI=1S/C23H18N4O3S2/c1-11-6-7-15-16(9-11)32-23(26-15)27-18(14-5-4-8-24-10-14)17(20(29)22(27)30)19(28)21-12(2)25-13(3)31-21/h4-10,18,29H,1-3H3. The van der Waals surface area contributed by atoms with E-state index in [9.17, 15) is 14.7 Å². The van der Waals surface area contributed by atoms with Gasteiger partial charge in [0.05, 0.1) is 37.4 Å². The number of rotatable bonds is 4. The first kappa shape index (κ1) is 20.5. The van der Waals surface area contributed by atoms with Crippen molar-refractivity contribution in [1.82, 2.24) is 15.0 Å². The summed E-state index contributed by atoms with van der Waals surface area (Å²) in [5.74, 6) is -1.63. The third-order valence-electron chi connectivity index (χ3n) is 5.30. The zero-order valence-electron chi connectivity index (χ0n) is 17.5. The highest BCUT2D eigenvalue weighted by Crippen LogP contribution is 2.44. The van der Waals surface area contributed by atoms with Gasteiger partial charge in [0, 0.05) is 12.4 Å². The number of carbonyl (C=O) groups excluding carboxylic acids is 2. The smallest absolute Gasteiger partial charge is 0.296 e. The summed E-state index contributed by atoms with van der Waals surface area (Å²) in [6.07, 6.45) is 3.21. The summed E-state index contributed by atoms with van der Waals surface area (Å²) >= 11 is 2.59. The molecule has 1 aliphatic rings. The molecule has 7 nitrogen and oxygen atoms in total. The van der Waals surface area contributed by atoms with Gasteiger partial charge in [0.2, 0.25) is 5.78 Å². The van der Waals surface area contributed by atoms with Crippen LogP contribution < -0.4 is 4.90 Å². The molecule has 1 atom stereocenters. The normalized spacial score (nSPS) is 16.4. The quantitative estimate of drug-likeness (QED) is 0.435. The van der Waals surface area contributed by atoms with Crippen LogP contribution in [0.5, 0.6) is 0 Å². The zero-order valence-corrected chi connectivity index (χ0v) is 19.1. The molecule has 1 amide bonds. The van der Waals surface area contributed by atoms with Gasteiger partial charge in [-0.3, -0.25) is 19.5 Å². The van der Waals surface area contributed by atoms with E-state index in [-0.39, 0.29) is 5.57 Å². The van der Waals surface area contributed by atoms with Gasteiger partial charge >= 0.3 is 0 Å². The van der Waals surface area contributed by atoms with Crippen LogP contribution in [0.25, 0.3) is 10.2 Å². The van der Waals surface area contributed by atoms with E-state index in [1.165, 1.54) is 27.6 Å². The minimum atomic E-state index is -0.841. The largest absolute Gasteiger partial charge is 0.503 e. The molecule has 4 aromatic rings. The summed E-state index contributed by atoms with van der Waals surface area (Å²) in [5.41, 5.74) is 3.04. The van der Waals surface area contributed by atoms with Crippen LogP contribution in [0.1, 0.15) is 37.5 Å². The minimum Gasteiger partial charge on any atom is -0.503 e. The second kappa shape index (κ2) is 7.61. The minimum absolute atomic E-state index is 0.0187. The topological polar surface area (TPSA) is 96.3 Å². The molecule has 0 aliphatic carbocycles. The number of hydrogen-bond donors (Lipinski definition) is 1. The van der Waals surface area contributed by atoms with E-state index in [0.29, 0.717) is 21.3 Å². The maximum Gasteiger partial charge on any atom is 0.296 e. The van der Waals surface area contributed by atoms with Gasteiger partial charge in [-0.05, 0) is 50.1 Å². The predicted octanol–water partition coefficient (Wildman–Crippen LogP) is 4.86. The highest BCUT2D eigenvalue weighted by molar-refractivity contribution is 7.22. The molecule has 5 rings (SSSR count). The number of hydrogen-bond acceptors (Lipinski definition) is 8. The number of pyridine rings is 1. The maximum atomic E-state index is 13.6. The van der Waals surface area contributed by atoms with Crippen LogP contribution in [-0.2, 0) is 4.79 Å². The summed E-state index contributed by atoms with van der Waals surface area (Å²) in [7, 11) is 0. The summed E-state index contributed by atoms with van der Waals surface area (Å²) in [6, 6.07) is 8.53. The fourth-order valence-corrected chi connectivity index (χ4v) is 5.84. The second-order valence-corrected chi connectivity index (χ2v) is 9.78. The Bertz CT molecular complexity index is 1420. The van der Waals surface area contributed by atoms with Crippen molar-refractivity contribution < 1.29 is 14.7 Å². The van der Waals surface area contributed by atoms with Crippen LogP contribution in [-0.4, -0.2) is 31.7 Å². The molecule has 1 aliphatic heterocycles. The number of thiazole rings is 2. The molecule has 0 radical (unpaired) electrons. The number of carbonyl (C=O) groups is 2. The van der Waals surface area contributed by atoms with Crippen molar-refractivity contribution in [2.45, 2.75) is 26.8 Å². The van der Waals surface area contributed by atoms with Gasteiger partial charge in [-0.25, -0.2) is 9.97 Å². The molecule has 32 heavy (non-hydrogen) atoms. The van der Waals surface area contributed by atoms with Crippen molar-refractivity contribution in [1.29, 1.82) is 0 Å². The Kier molecular flexibility index (Phi) is 4.87. The lowest BCUT2D eigenvalue weighted by molar-refractivity contribution is -0.117. The first-order chi connectivity index (χ1) is 15.3. The van der Waals surface area contributed by atoms with Crippen molar-refractivity contribution in [2.75, 3.05) is 4.90 Å². The number of aliphatic hydroxyl groups is 1. The van der Waals surface area contributed by atoms with E-state index in [1.54, 1.807) is 31.5 Å². The Hall–Kier alpha value is -3.43. The van der Waals surface area contributed by atoms with Gasteiger partial charge in [-0.2, -0.15) is 0 Å². The van der Waals surface area contributed by atoms with Crippen LogP contribution in [0, 0.1) is 20.8 Å². The summed E-state index contributed by atoms with van der Waals surface area (Å²) < 4.78 is 0.922. The molecule has 1 unspecified atom stereocenters. The van der Waals surface area contributed by atoms with E-state index < -0.39 is 23.5 Å². The molecule has 0 saturated carbocycles. The first-order valence-corrected chi connectivity index (χ1v) is 11.5. The van der Waals surface area contributed by atoms with E-state index in [4.69, 9.17) is 0 Å². The Morgan fingerprint density at radius 3 is 2.62 bits per heavy atom. The molecule has 0 fully saturated rings. The summed E-state index contributed by atoms with van der Waals surface area (Å²) in [6.45, 7) is 5.55. The van der Waals surface area contributed by atoms with Gasteiger partial charge in [0.1, 0.15) is 0 Å². The van der Waals surface area contributed by atoms with E-state index in [0.717, 1.165) is 20.8 Å². The molecule has 0 spiro atoms. The molecule has 0 saturated heterocycles. The van der Waals surface area contributed by atoms with Gasteiger partial charge in [-0.1, -0.05) is 23.5 Å². The predicted molar refractivity (Wildman–Crippen MR) is 124 cm³/mol. The maximum absolute atomic E-state index is 13.6. The summed E-state index contributed by atoms with van der Waals surface area (Å²) in [4.78, 5) is 41.8. The lowest BCUT2D eigenvalue weighted by Gasteiger charge is -2.24. The van der Waals surface area contributed by atoms with E-state index >= 15 is 0 Å². The van der Waals surface area contributed by atoms with Crippen LogP contribution in [0.4, 0.5) is 5.13 Å². The Balaban J connectivity index is 1.68. The van der Waals surface area contributed by atoms with Gasteiger partial charge in [0.15, 0.2) is 10.9 Å². The first-order valence-electron chi connectivity index (χ1n) is 9.87. The van der Waals surface area contributed by atoms with Crippen molar-refractivity contribution in [2.24, 2.45) is 0 Å². The number of aromatic nitrogens is 3. The number of amides is 1. The lowest BCUT2D eigenvalue weighted by atomic mass is 9.96. The van der Waals surface area contributed by atoms with Gasteiger partial charge in [0.25, 0.3) is 5.91 Å². The third-order valence-corrected chi connectivity index (χ3v) is 7.39. The van der Waals surface area contributed by atoms with Crippen molar-refractivity contribution in [3.8, 4) is 0 Å². The van der Waals surface area contributed by atoms with E-state index in [1.807, 2.05) is 32.0 Å². The fraction of sp³-hybridized carbons (Fsp3) is 0.174. The number of aryl methyl sites for hydroxylation is 3. The molecule has 9 heteroatoms. The SMILES string of the molecule is Cc1ccc2nc(N3C(=O)C(O)=C(C(=O)c4sc(C)nc4C)C3c3cccnc3)sc2c1.